The Balaban J connectivity index is 1.73. The third kappa shape index (κ3) is 2.79. The number of hydrogen-bond acceptors (Lipinski definition) is 4. The molecule has 0 amide bonds. The summed E-state index contributed by atoms with van der Waals surface area (Å²) >= 11 is 6.16. The minimum atomic E-state index is -0.148. The summed E-state index contributed by atoms with van der Waals surface area (Å²) in [6.45, 7) is 2.54. The van der Waals surface area contributed by atoms with E-state index in [0.717, 1.165) is 37.2 Å². The second kappa shape index (κ2) is 5.90. The van der Waals surface area contributed by atoms with Gasteiger partial charge in [-0.3, -0.25) is 0 Å². The second-order valence-electron chi connectivity index (χ2n) is 5.49. The summed E-state index contributed by atoms with van der Waals surface area (Å²) in [6.07, 6.45) is 2.84. The van der Waals surface area contributed by atoms with Gasteiger partial charge >= 0.3 is 0 Å². The maximum atomic E-state index is 6.16. The van der Waals surface area contributed by atoms with E-state index in [-0.39, 0.29) is 11.7 Å². The Morgan fingerprint density at radius 3 is 3.05 bits per heavy atom. The summed E-state index contributed by atoms with van der Waals surface area (Å²) in [5, 5.41) is 0.663. The Morgan fingerprint density at radius 2 is 2.30 bits per heavy atom. The average Bonchev–Trinajstić information content (AvgIpc) is 2.87. The molecule has 2 aliphatic heterocycles. The minimum absolute atomic E-state index is 0.134. The van der Waals surface area contributed by atoms with E-state index >= 15 is 0 Å². The molecule has 0 saturated carbocycles. The molecule has 110 valence electrons. The predicted molar refractivity (Wildman–Crippen MR) is 77.1 cm³/mol. The van der Waals surface area contributed by atoms with E-state index in [1.165, 1.54) is 0 Å². The lowest BCUT2D eigenvalue weighted by Gasteiger charge is -2.37. The van der Waals surface area contributed by atoms with Crippen LogP contribution in [0.15, 0.2) is 18.2 Å². The molecule has 4 nitrogen and oxygen atoms in total. The summed E-state index contributed by atoms with van der Waals surface area (Å²) in [4.78, 5) is 0. The fourth-order valence-corrected chi connectivity index (χ4v) is 3.22. The quantitative estimate of drug-likeness (QED) is 0.931. The zero-order valence-electron chi connectivity index (χ0n) is 11.4. The highest BCUT2D eigenvalue weighted by molar-refractivity contribution is 6.31. The molecule has 2 fully saturated rings. The highest BCUT2D eigenvalue weighted by atomic mass is 35.5. The normalized spacial score (nSPS) is 29.8. The van der Waals surface area contributed by atoms with Crippen molar-refractivity contribution in [2.24, 2.45) is 5.73 Å². The maximum absolute atomic E-state index is 6.16. The molecule has 1 spiro atoms. The molecular formula is C15H20ClNO3. The van der Waals surface area contributed by atoms with Crippen LogP contribution < -0.4 is 10.5 Å². The van der Waals surface area contributed by atoms with Crippen LogP contribution in [0.1, 0.15) is 24.8 Å². The van der Waals surface area contributed by atoms with Gasteiger partial charge < -0.3 is 19.9 Å². The first-order chi connectivity index (χ1) is 9.72. The second-order valence-corrected chi connectivity index (χ2v) is 5.89. The van der Waals surface area contributed by atoms with Crippen LogP contribution in [0, 0.1) is 0 Å². The number of hydrogen-bond donors (Lipinski definition) is 1. The van der Waals surface area contributed by atoms with Crippen LogP contribution in [-0.2, 0) is 16.0 Å². The van der Waals surface area contributed by atoms with Crippen LogP contribution >= 0.6 is 11.6 Å². The summed E-state index contributed by atoms with van der Waals surface area (Å²) in [7, 11) is 0. The minimum Gasteiger partial charge on any atom is -0.490 e. The molecule has 2 atom stereocenters. The molecule has 5 heteroatoms. The van der Waals surface area contributed by atoms with Gasteiger partial charge in [0.2, 0.25) is 0 Å². The molecular weight excluding hydrogens is 278 g/mol. The van der Waals surface area contributed by atoms with Crippen molar-refractivity contribution >= 4 is 11.6 Å². The Kier molecular flexibility index (Phi) is 4.17. The van der Waals surface area contributed by atoms with Gasteiger partial charge in [0.25, 0.3) is 0 Å². The maximum Gasteiger partial charge on any atom is 0.125 e. The molecule has 1 aromatic carbocycles. The standard InChI is InChI=1S/C15H20ClNO3/c16-13-2-1-3-14(12(13)9-17)20-11-4-6-19-15(8-11)5-7-18-10-15/h1-3,11H,4-10,17H2. The molecule has 2 aliphatic rings. The van der Waals surface area contributed by atoms with Gasteiger partial charge in [-0.25, -0.2) is 0 Å². The van der Waals surface area contributed by atoms with Crippen molar-refractivity contribution in [1.29, 1.82) is 0 Å². The number of rotatable bonds is 3. The molecule has 0 aromatic heterocycles. The number of halogens is 1. The Labute approximate surface area is 124 Å². The first-order valence-electron chi connectivity index (χ1n) is 7.08. The van der Waals surface area contributed by atoms with Crippen molar-refractivity contribution in [3.63, 3.8) is 0 Å². The monoisotopic (exact) mass is 297 g/mol. The van der Waals surface area contributed by atoms with Crippen molar-refractivity contribution < 1.29 is 14.2 Å². The highest BCUT2D eigenvalue weighted by Gasteiger charge is 2.41. The topological polar surface area (TPSA) is 53.7 Å². The first-order valence-corrected chi connectivity index (χ1v) is 7.46. The molecule has 20 heavy (non-hydrogen) atoms. The number of ether oxygens (including phenoxy) is 3. The van der Waals surface area contributed by atoms with E-state index in [4.69, 9.17) is 31.5 Å². The molecule has 0 radical (unpaired) electrons. The van der Waals surface area contributed by atoms with Gasteiger partial charge in [-0.05, 0) is 12.1 Å². The summed E-state index contributed by atoms with van der Waals surface area (Å²) < 4.78 is 17.5. The average molecular weight is 298 g/mol. The molecule has 3 rings (SSSR count). The third-order valence-electron chi connectivity index (χ3n) is 4.09. The van der Waals surface area contributed by atoms with Gasteiger partial charge in [-0.15, -0.1) is 0 Å². The van der Waals surface area contributed by atoms with Crippen molar-refractivity contribution in [2.45, 2.75) is 37.5 Å². The number of benzene rings is 1. The summed E-state index contributed by atoms with van der Waals surface area (Å²) in [6, 6.07) is 5.67. The van der Waals surface area contributed by atoms with Crippen molar-refractivity contribution in [3.05, 3.63) is 28.8 Å². The van der Waals surface area contributed by atoms with Gasteiger partial charge in [-0.2, -0.15) is 0 Å². The third-order valence-corrected chi connectivity index (χ3v) is 4.44. The van der Waals surface area contributed by atoms with Crippen LogP contribution in [0.2, 0.25) is 5.02 Å². The first kappa shape index (κ1) is 14.1. The predicted octanol–water partition coefficient (Wildman–Crippen LogP) is 2.52. The van der Waals surface area contributed by atoms with Crippen molar-refractivity contribution in [1.82, 2.24) is 0 Å². The lowest BCUT2D eigenvalue weighted by molar-refractivity contribution is -0.112. The van der Waals surface area contributed by atoms with Crippen LogP contribution in [0.25, 0.3) is 0 Å². The van der Waals surface area contributed by atoms with E-state index in [0.29, 0.717) is 24.8 Å². The Morgan fingerprint density at radius 1 is 1.40 bits per heavy atom. The Hall–Kier alpha value is -0.810. The SMILES string of the molecule is NCc1c(Cl)cccc1OC1CCOC2(CCOC2)C1. The van der Waals surface area contributed by atoms with E-state index < -0.39 is 0 Å². The van der Waals surface area contributed by atoms with E-state index in [1.54, 1.807) is 0 Å². The molecule has 0 bridgehead atoms. The van der Waals surface area contributed by atoms with Gasteiger partial charge in [-0.1, -0.05) is 17.7 Å². The van der Waals surface area contributed by atoms with Crippen LogP contribution in [0.4, 0.5) is 0 Å². The molecule has 2 heterocycles. The van der Waals surface area contributed by atoms with Gasteiger partial charge in [0.15, 0.2) is 0 Å². The smallest absolute Gasteiger partial charge is 0.125 e. The zero-order valence-corrected chi connectivity index (χ0v) is 12.2. The lowest BCUT2D eigenvalue weighted by Crippen LogP contribution is -2.44. The lowest BCUT2D eigenvalue weighted by atomic mass is 9.91. The largest absolute Gasteiger partial charge is 0.490 e. The van der Waals surface area contributed by atoms with Crippen LogP contribution in [0.5, 0.6) is 5.75 Å². The van der Waals surface area contributed by atoms with Gasteiger partial charge in [0.05, 0.1) is 18.8 Å². The van der Waals surface area contributed by atoms with Crippen molar-refractivity contribution in [3.8, 4) is 5.75 Å². The molecule has 0 aliphatic carbocycles. The van der Waals surface area contributed by atoms with Crippen LogP contribution in [-0.4, -0.2) is 31.5 Å². The summed E-state index contributed by atoms with van der Waals surface area (Å²) in [5.41, 5.74) is 6.49. The van der Waals surface area contributed by atoms with Crippen LogP contribution in [0.3, 0.4) is 0 Å². The van der Waals surface area contributed by atoms with Gasteiger partial charge in [0, 0.05) is 43.0 Å². The van der Waals surface area contributed by atoms with Crippen molar-refractivity contribution in [2.75, 3.05) is 19.8 Å². The molecule has 2 saturated heterocycles. The van der Waals surface area contributed by atoms with E-state index in [9.17, 15) is 0 Å². The molecule has 1 aromatic rings. The highest BCUT2D eigenvalue weighted by Crippen LogP contribution is 2.35. The number of nitrogens with two attached hydrogens (primary N) is 1. The van der Waals surface area contributed by atoms with E-state index in [1.807, 2.05) is 18.2 Å². The van der Waals surface area contributed by atoms with E-state index in [2.05, 4.69) is 0 Å². The summed E-state index contributed by atoms with van der Waals surface area (Å²) in [5.74, 6) is 0.793. The molecule has 2 N–H and O–H groups in total. The zero-order chi connectivity index (χ0) is 14.0. The fraction of sp³-hybridized carbons (Fsp3) is 0.600. The van der Waals surface area contributed by atoms with Gasteiger partial charge in [0.1, 0.15) is 11.9 Å². The molecule has 2 unspecified atom stereocenters. The Bertz CT molecular complexity index is 474. The fourth-order valence-electron chi connectivity index (χ4n) is 2.97.